The van der Waals surface area contributed by atoms with Crippen molar-refractivity contribution in [2.75, 3.05) is 42.9 Å². The molecule has 0 saturated carbocycles. The Balaban J connectivity index is 1.88. The predicted octanol–water partition coefficient (Wildman–Crippen LogP) is 3.78. The molecule has 1 fully saturated rings. The number of likely N-dealkylation sites (N-methyl/N-ethyl adjacent to an activating group) is 1. The van der Waals surface area contributed by atoms with Crippen molar-refractivity contribution in [3.63, 3.8) is 0 Å². The van der Waals surface area contributed by atoms with Gasteiger partial charge in [0.2, 0.25) is 0 Å². The second kappa shape index (κ2) is 8.53. The second-order valence-corrected chi connectivity index (χ2v) is 6.87. The summed E-state index contributed by atoms with van der Waals surface area (Å²) < 4.78 is 13.0. The molecular weight excluding hydrogens is 387 g/mol. The first-order valence-electron chi connectivity index (χ1n) is 8.91. The fourth-order valence-corrected chi connectivity index (χ4v) is 3.35. The van der Waals surface area contributed by atoms with Crippen molar-refractivity contribution in [3.8, 4) is 0 Å². The summed E-state index contributed by atoms with van der Waals surface area (Å²) in [5.41, 5.74) is 0.845. The van der Waals surface area contributed by atoms with Crippen molar-refractivity contribution in [3.05, 3.63) is 62.9 Å². The number of piperazine rings is 1. The summed E-state index contributed by atoms with van der Waals surface area (Å²) in [6.07, 6.45) is 0. The number of nitro groups is 1. The van der Waals surface area contributed by atoms with Crippen LogP contribution in [0.15, 0.2) is 36.4 Å². The van der Waals surface area contributed by atoms with Crippen LogP contribution >= 0.6 is 11.6 Å². The van der Waals surface area contributed by atoms with Gasteiger partial charge in [-0.2, -0.15) is 0 Å². The van der Waals surface area contributed by atoms with Crippen LogP contribution in [0, 0.1) is 15.9 Å². The second-order valence-electron chi connectivity index (χ2n) is 6.46. The van der Waals surface area contributed by atoms with E-state index in [-0.39, 0.29) is 22.0 Å². The topological polar surface area (TPSA) is 78.7 Å². The van der Waals surface area contributed by atoms with Crippen LogP contribution in [0.1, 0.15) is 17.3 Å². The molecule has 1 aliphatic heterocycles. The highest BCUT2D eigenvalue weighted by molar-refractivity contribution is 6.34. The molecule has 1 N–H and O–H groups in total. The minimum absolute atomic E-state index is 0.0677. The highest BCUT2D eigenvalue weighted by Gasteiger charge is 2.25. The largest absolute Gasteiger partial charge is 0.363 e. The van der Waals surface area contributed by atoms with E-state index in [2.05, 4.69) is 17.1 Å². The van der Waals surface area contributed by atoms with Crippen LogP contribution in [0.4, 0.5) is 21.5 Å². The van der Waals surface area contributed by atoms with E-state index in [0.717, 1.165) is 19.6 Å². The van der Waals surface area contributed by atoms with Gasteiger partial charge in [0, 0.05) is 37.8 Å². The van der Waals surface area contributed by atoms with Gasteiger partial charge in [-0.15, -0.1) is 0 Å². The highest BCUT2D eigenvalue weighted by Crippen LogP contribution is 2.37. The van der Waals surface area contributed by atoms with E-state index in [4.69, 9.17) is 11.6 Å². The molecule has 0 unspecified atom stereocenters. The number of halogens is 2. The fourth-order valence-electron chi connectivity index (χ4n) is 3.15. The molecule has 148 valence electrons. The van der Waals surface area contributed by atoms with E-state index in [0.29, 0.717) is 18.8 Å². The first-order chi connectivity index (χ1) is 13.4. The molecule has 1 amide bonds. The summed E-state index contributed by atoms with van der Waals surface area (Å²) >= 11 is 6.18. The first-order valence-corrected chi connectivity index (χ1v) is 9.29. The summed E-state index contributed by atoms with van der Waals surface area (Å²) in [7, 11) is 0. The van der Waals surface area contributed by atoms with Crippen LogP contribution in [0.5, 0.6) is 0 Å². The Morgan fingerprint density at radius 2 is 1.86 bits per heavy atom. The number of nitrogens with zero attached hydrogens (tertiary/aromatic N) is 3. The molecule has 1 heterocycles. The molecule has 9 heteroatoms. The van der Waals surface area contributed by atoms with Crippen molar-refractivity contribution < 1.29 is 14.1 Å². The standard InChI is InChI=1S/C19H20ClFN4O3/c1-2-23-7-9-24(10-8-23)17-12-16(15(20)11-18(17)25(27)28)22-19(26)13-3-5-14(21)6-4-13/h3-6,11-12H,2,7-10H2,1H3,(H,22,26). The van der Waals surface area contributed by atoms with Gasteiger partial charge in [-0.25, -0.2) is 4.39 Å². The van der Waals surface area contributed by atoms with Gasteiger partial charge in [-0.1, -0.05) is 18.5 Å². The van der Waals surface area contributed by atoms with Crippen molar-refractivity contribution in [1.82, 2.24) is 4.90 Å². The quantitative estimate of drug-likeness (QED) is 0.603. The molecule has 0 aromatic heterocycles. The van der Waals surface area contributed by atoms with Gasteiger partial charge in [-0.05, 0) is 36.9 Å². The highest BCUT2D eigenvalue weighted by atomic mass is 35.5. The summed E-state index contributed by atoms with van der Waals surface area (Å²) in [5, 5.41) is 14.2. The van der Waals surface area contributed by atoms with Gasteiger partial charge < -0.3 is 15.1 Å². The maximum Gasteiger partial charge on any atom is 0.294 e. The van der Waals surface area contributed by atoms with Crippen LogP contribution < -0.4 is 10.2 Å². The molecule has 7 nitrogen and oxygen atoms in total. The third kappa shape index (κ3) is 4.40. The number of anilines is 2. The molecule has 1 saturated heterocycles. The van der Waals surface area contributed by atoms with E-state index in [1.165, 1.54) is 36.4 Å². The van der Waals surface area contributed by atoms with Crippen molar-refractivity contribution in [2.45, 2.75) is 6.92 Å². The maximum atomic E-state index is 13.0. The lowest BCUT2D eigenvalue weighted by Crippen LogP contribution is -2.46. The zero-order chi connectivity index (χ0) is 20.3. The number of amides is 1. The van der Waals surface area contributed by atoms with E-state index >= 15 is 0 Å². The molecule has 0 atom stereocenters. The number of benzene rings is 2. The molecule has 2 aromatic carbocycles. The third-order valence-electron chi connectivity index (χ3n) is 4.78. The number of hydrogen-bond acceptors (Lipinski definition) is 5. The Kier molecular flexibility index (Phi) is 6.11. The first kappa shape index (κ1) is 20.0. The summed E-state index contributed by atoms with van der Waals surface area (Å²) in [4.78, 5) is 27.6. The number of nitrogens with one attached hydrogen (secondary N) is 1. The van der Waals surface area contributed by atoms with Crippen LogP contribution in [0.25, 0.3) is 0 Å². The van der Waals surface area contributed by atoms with Gasteiger partial charge in [-0.3, -0.25) is 14.9 Å². The SMILES string of the molecule is CCN1CCN(c2cc(NC(=O)c3ccc(F)cc3)c(Cl)cc2[N+](=O)[O-])CC1. The van der Waals surface area contributed by atoms with Crippen LogP contribution in [0.3, 0.4) is 0 Å². The molecule has 1 aliphatic rings. The molecule has 0 radical (unpaired) electrons. The molecule has 28 heavy (non-hydrogen) atoms. The average Bonchev–Trinajstić information content (AvgIpc) is 2.69. The molecule has 2 aromatic rings. The van der Waals surface area contributed by atoms with Gasteiger partial charge in [0.15, 0.2) is 0 Å². The van der Waals surface area contributed by atoms with E-state index < -0.39 is 16.6 Å². The number of rotatable bonds is 5. The van der Waals surface area contributed by atoms with E-state index in [1.54, 1.807) is 0 Å². The Morgan fingerprint density at radius 1 is 1.21 bits per heavy atom. The predicted molar refractivity (Wildman–Crippen MR) is 107 cm³/mol. The summed E-state index contributed by atoms with van der Waals surface area (Å²) in [6, 6.07) is 7.87. The maximum absolute atomic E-state index is 13.0. The van der Waals surface area contributed by atoms with Crippen molar-refractivity contribution in [2.24, 2.45) is 0 Å². The lowest BCUT2D eigenvalue weighted by atomic mass is 10.1. The lowest BCUT2D eigenvalue weighted by Gasteiger charge is -2.35. The van der Waals surface area contributed by atoms with Crippen molar-refractivity contribution >= 4 is 34.6 Å². The lowest BCUT2D eigenvalue weighted by molar-refractivity contribution is -0.384. The van der Waals surface area contributed by atoms with Gasteiger partial charge in [0.25, 0.3) is 11.6 Å². The third-order valence-corrected chi connectivity index (χ3v) is 5.09. The summed E-state index contributed by atoms with van der Waals surface area (Å²) in [5.74, 6) is -0.920. The normalized spacial score (nSPS) is 14.8. The number of nitro benzene ring substituents is 1. The molecule has 0 spiro atoms. The smallest absolute Gasteiger partial charge is 0.294 e. The average molecular weight is 407 g/mol. The number of hydrogen-bond donors (Lipinski definition) is 1. The van der Waals surface area contributed by atoms with Crippen LogP contribution in [-0.4, -0.2) is 48.5 Å². The van der Waals surface area contributed by atoms with Crippen LogP contribution in [-0.2, 0) is 0 Å². The van der Waals surface area contributed by atoms with E-state index in [9.17, 15) is 19.3 Å². The molecule has 3 rings (SSSR count). The molecule has 0 bridgehead atoms. The summed E-state index contributed by atoms with van der Waals surface area (Å²) in [6.45, 7) is 5.88. The number of carbonyl (C=O) groups excluding carboxylic acids is 1. The fraction of sp³-hybridized carbons (Fsp3) is 0.316. The van der Waals surface area contributed by atoms with Crippen molar-refractivity contribution in [1.29, 1.82) is 0 Å². The van der Waals surface area contributed by atoms with Gasteiger partial charge >= 0.3 is 0 Å². The Morgan fingerprint density at radius 3 is 2.43 bits per heavy atom. The zero-order valence-corrected chi connectivity index (χ0v) is 16.1. The monoisotopic (exact) mass is 406 g/mol. The molecule has 0 aliphatic carbocycles. The Labute approximate surface area is 166 Å². The van der Waals surface area contributed by atoms with Gasteiger partial charge in [0.1, 0.15) is 11.5 Å². The minimum Gasteiger partial charge on any atom is -0.363 e. The Bertz CT molecular complexity index is 883. The van der Waals surface area contributed by atoms with Crippen LogP contribution in [0.2, 0.25) is 5.02 Å². The van der Waals surface area contributed by atoms with E-state index in [1.807, 2.05) is 4.90 Å². The number of carbonyl (C=O) groups is 1. The minimum atomic E-state index is -0.475. The van der Waals surface area contributed by atoms with Gasteiger partial charge in [0.05, 0.1) is 15.6 Å². The Hall–Kier alpha value is -2.71. The zero-order valence-electron chi connectivity index (χ0n) is 15.3. The molecular formula is C19H20ClFN4O3.